The van der Waals surface area contributed by atoms with E-state index >= 15 is 0 Å². The van der Waals surface area contributed by atoms with Crippen molar-refractivity contribution in [1.29, 1.82) is 0 Å². The highest BCUT2D eigenvalue weighted by atomic mass is 16.6. The molecule has 0 bridgehead atoms. The van der Waals surface area contributed by atoms with Crippen LogP contribution in [0.15, 0.2) is 24.3 Å². The topological polar surface area (TPSA) is 61.9 Å². The summed E-state index contributed by atoms with van der Waals surface area (Å²) >= 11 is 0. The molecule has 2 amide bonds. The number of hydrogen-bond acceptors (Lipinski definition) is 4. The predicted molar refractivity (Wildman–Crippen MR) is 113 cm³/mol. The molecule has 0 aromatic heterocycles. The van der Waals surface area contributed by atoms with Gasteiger partial charge >= 0.3 is 6.09 Å². The Morgan fingerprint density at radius 3 is 2.24 bits per heavy atom. The van der Waals surface area contributed by atoms with E-state index in [2.05, 4.69) is 10.2 Å². The maximum absolute atomic E-state index is 12.4. The first kappa shape index (κ1) is 20.2. The van der Waals surface area contributed by atoms with Gasteiger partial charge in [-0.2, -0.15) is 0 Å². The lowest BCUT2D eigenvalue weighted by molar-refractivity contribution is -0.117. The SMILES string of the molecule is O=C(CC1CCCCC1)Nc1ccc(OC(=O)N2CCN(CC3CC3)CC2)cc1. The fourth-order valence-electron chi connectivity index (χ4n) is 4.42. The zero-order valence-corrected chi connectivity index (χ0v) is 17.3. The van der Waals surface area contributed by atoms with E-state index in [0.717, 1.165) is 50.6 Å². The van der Waals surface area contributed by atoms with Crippen molar-refractivity contribution in [2.45, 2.75) is 51.4 Å². The molecule has 1 aliphatic heterocycles. The zero-order chi connectivity index (χ0) is 20.1. The number of anilines is 1. The Morgan fingerprint density at radius 1 is 0.897 bits per heavy atom. The molecule has 0 radical (unpaired) electrons. The highest BCUT2D eigenvalue weighted by Gasteiger charge is 2.28. The quantitative estimate of drug-likeness (QED) is 0.782. The number of carbonyl (C=O) groups excluding carboxylic acids is 2. The molecule has 0 atom stereocenters. The van der Waals surface area contributed by atoms with Crippen LogP contribution in [0.1, 0.15) is 51.4 Å². The Hall–Kier alpha value is -2.08. The van der Waals surface area contributed by atoms with Gasteiger partial charge < -0.3 is 15.0 Å². The monoisotopic (exact) mass is 399 g/mol. The molecule has 6 nitrogen and oxygen atoms in total. The van der Waals surface area contributed by atoms with Gasteiger partial charge in [0.25, 0.3) is 0 Å². The number of ether oxygens (including phenoxy) is 1. The number of rotatable bonds is 6. The third-order valence-corrected chi connectivity index (χ3v) is 6.39. The number of nitrogens with one attached hydrogen (secondary N) is 1. The summed E-state index contributed by atoms with van der Waals surface area (Å²) in [5.74, 6) is 2.00. The van der Waals surface area contributed by atoms with Crippen LogP contribution in [0.4, 0.5) is 10.5 Å². The molecule has 4 rings (SSSR count). The number of nitrogens with zero attached hydrogens (tertiary/aromatic N) is 2. The van der Waals surface area contributed by atoms with Gasteiger partial charge in [-0.25, -0.2) is 4.79 Å². The van der Waals surface area contributed by atoms with E-state index in [1.165, 1.54) is 38.6 Å². The molecule has 1 aromatic carbocycles. The molecular formula is C23H33N3O3. The van der Waals surface area contributed by atoms with Gasteiger partial charge in [-0.05, 0) is 61.8 Å². The number of hydrogen-bond donors (Lipinski definition) is 1. The van der Waals surface area contributed by atoms with Gasteiger partial charge in [-0.1, -0.05) is 19.3 Å². The van der Waals surface area contributed by atoms with Crippen molar-refractivity contribution in [2.24, 2.45) is 11.8 Å². The number of benzene rings is 1. The first-order valence-electron chi connectivity index (χ1n) is 11.2. The molecule has 3 fully saturated rings. The zero-order valence-electron chi connectivity index (χ0n) is 17.3. The molecule has 3 aliphatic rings. The highest BCUT2D eigenvalue weighted by Crippen LogP contribution is 2.30. The van der Waals surface area contributed by atoms with Gasteiger partial charge in [0.15, 0.2) is 0 Å². The summed E-state index contributed by atoms with van der Waals surface area (Å²) in [6.45, 7) is 4.48. The molecule has 2 aliphatic carbocycles. The van der Waals surface area contributed by atoms with E-state index in [9.17, 15) is 9.59 Å². The van der Waals surface area contributed by atoms with E-state index in [0.29, 0.717) is 18.1 Å². The molecule has 29 heavy (non-hydrogen) atoms. The van der Waals surface area contributed by atoms with E-state index in [-0.39, 0.29) is 12.0 Å². The van der Waals surface area contributed by atoms with Crippen LogP contribution >= 0.6 is 0 Å². The molecule has 1 heterocycles. The van der Waals surface area contributed by atoms with Gasteiger partial charge in [0.1, 0.15) is 5.75 Å². The average molecular weight is 400 g/mol. The fourth-order valence-corrected chi connectivity index (χ4v) is 4.42. The second-order valence-corrected chi connectivity index (χ2v) is 8.88. The third-order valence-electron chi connectivity index (χ3n) is 6.39. The Labute approximate surface area is 173 Å². The van der Waals surface area contributed by atoms with E-state index in [1.54, 1.807) is 29.2 Å². The molecule has 6 heteroatoms. The third kappa shape index (κ3) is 6.20. The van der Waals surface area contributed by atoms with Crippen molar-refractivity contribution >= 4 is 17.7 Å². The minimum Gasteiger partial charge on any atom is -0.410 e. The largest absolute Gasteiger partial charge is 0.415 e. The van der Waals surface area contributed by atoms with Crippen LogP contribution in [0.5, 0.6) is 5.75 Å². The van der Waals surface area contributed by atoms with Gasteiger partial charge in [0.2, 0.25) is 5.91 Å². The van der Waals surface area contributed by atoms with Gasteiger partial charge in [0, 0.05) is 44.8 Å². The van der Waals surface area contributed by atoms with Crippen LogP contribution in [-0.4, -0.2) is 54.5 Å². The minimum atomic E-state index is -0.287. The number of amides is 2. The van der Waals surface area contributed by atoms with Crippen molar-refractivity contribution in [3.05, 3.63) is 24.3 Å². The van der Waals surface area contributed by atoms with E-state index in [1.807, 2.05) is 0 Å². The highest BCUT2D eigenvalue weighted by molar-refractivity contribution is 5.90. The molecule has 0 unspecified atom stereocenters. The fraction of sp³-hybridized carbons (Fsp3) is 0.652. The van der Waals surface area contributed by atoms with Crippen molar-refractivity contribution in [1.82, 2.24) is 9.80 Å². The summed E-state index contributed by atoms with van der Waals surface area (Å²) in [6.07, 6.45) is 9.15. The second kappa shape index (κ2) is 9.61. The Bertz CT molecular complexity index is 688. The van der Waals surface area contributed by atoms with E-state index < -0.39 is 0 Å². The lowest BCUT2D eigenvalue weighted by Gasteiger charge is -2.34. The molecule has 2 saturated carbocycles. The molecular weight excluding hydrogens is 366 g/mol. The summed E-state index contributed by atoms with van der Waals surface area (Å²) in [4.78, 5) is 28.9. The van der Waals surface area contributed by atoms with Crippen LogP contribution in [0.2, 0.25) is 0 Å². The van der Waals surface area contributed by atoms with Crippen LogP contribution in [0.3, 0.4) is 0 Å². The predicted octanol–water partition coefficient (Wildman–Crippen LogP) is 4.12. The lowest BCUT2D eigenvalue weighted by Crippen LogP contribution is -2.49. The maximum atomic E-state index is 12.4. The molecule has 0 spiro atoms. The molecule has 1 saturated heterocycles. The van der Waals surface area contributed by atoms with Crippen LogP contribution in [0, 0.1) is 11.8 Å². The minimum absolute atomic E-state index is 0.0747. The summed E-state index contributed by atoms with van der Waals surface area (Å²) in [7, 11) is 0. The smallest absolute Gasteiger partial charge is 0.410 e. The van der Waals surface area contributed by atoms with Crippen molar-refractivity contribution in [3.63, 3.8) is 0 Å². The summed E-state index contributed by atoms with van der Waals surface area (Å²) in [5.41, 5.74) is 0.749. The van der Waals surface area contributed by atoms with Crippen molar-refractivity contribution in [2.75, 3.05) is 38.0 Å². The summed E-state index contributed by atoms with van der Waals surface area (Å²) < 4.78 is 5.52. The maximum Gasteiger partial charge on any atom is 0.415 e. The number of carbonyl (C=O) groups is 2. The molecule has 158 valence electrons. The van der Waals surface area contributed by atoms with Crippen LogP contribution in [-0.2, 0) is 4.79 Å². The standard InChI is InChI=1S/C23H33N3O3/c27-22(16-18-4-2-1-3-5-18)24-20-8-10-21(11-9-20)29-23(28)26-14-12-25(13-15-26)17-19-6-7-19/h8-11,18-19H,1-7,12-17H2,(H,24,27). The molecule has 1 N–H and O–H groups in total. The summed E-state index contributed by atoms with van der Waals surface area (Å²) in [6, 6.07) is 7.10. The first-order valence-corrected chi connectivity index (χ1v) is 11.2. The normalized spacial score (nSPS) is 21.0. The molecule has 1 aromatic rings. The second-order valence-electron chi connectivity index (χ2n) is 8.88. The van der Waals surface area contributed by atoms with Crippen LogP contribution in [0.25, 0.3) is 0 Å². The lowest BCUT2D eigenvalue weighted by atomic mass is 9.87. The Kier molecular flexibility index (Phi) is 6.70. The Balaban J connectivity index is 1.19. The van der Waals surface area contributed by atoms with Gasteiger partial charge in [0.05, 0.1) is 0 Å². The Morgan fingerprint density at radius 2 is 1.59 bits per heavy atom. The van der Waals surface area contributed by atoms with Gasteiger partial charge in [-0.3, -0.25) is 9.69 Å². The van der Waals surface area contributed by atoms with E-state index in [4.69, 9.17) is 4.74 Å². The van der Waals surface area contributed by atoms with Crippen molar-refractivity contribution in [3.8, 4) is 5.75 Å². The average Bonchev–Trinajstić information content (AvgIpc) is 3.55. The first-order chi connectivity index (χ1) is 14.2. The van der Waals surface area contributed by atoms with Gasteiger partial charge in [-0.15, -0.1) is 0 Å². The summed E-state index contributed by atoms with van der Waals surface area (Å²) in [5, 5.41) is 2.96. The number of piperazine rings is 1. The van der Waals surface area contributed by atoms with Crippen molar-refractivity contribution < 1.29 is 14.3 Å². The van der Waals surface area contributed by atoms with Crippen LogP contribution < -0.4 is 10.1 Å².